The molecule has 0 fully saturated rings. The third-order valence-corrected chi connectivity index (χ3v) is 6.99. The van der Waals surface area contributed by atoms with E-state index in [9.17, 15) is 34.8 Å². The maximum absolute atomic E-state index is 13.1. The molecular weight excluding hydrogens is 590 g/mol. The van der Waals surface area contributed by atoms with Crippen molar-refractivity contribution in [3.63, 3.8) is 0 Å². The van der Waals surface area contributed by atoms with Gasteiger partial charge in [0.1, 0.15) is 0 Å². The third kappa shape index (κ3) is 8.29. The van der Waals surface area contributed by atoms with Crippen LogP contribution in [-0.2, 0) is 22.7 Å². The number of hydrogen-bond donors (Lipinski definition) is 3. The first-order valence-electron chi connectivity index (χ1n) is 12.0. The summed E-state index contributed by atoms with van der Waals surface area (Å²) in [6.45, 7) is -1.60. The summed E-state index contributed by atoms with van der Waals surface area (Å²) in [5, 5.41) is 5.35. The van der Waals surface area contributed by atoms with Gasteiger partial charge in [-0.25, -0.2) is 13.1 Å². The van der Waals surface area contributed by atoms with E-state index < -0.39 is 40.6 Å². The monoisotopic (exact) mass is 612 g/mol. The first-order chi connectivity index (χ1) is 19.7. The molecule has 0 spiro atoms. The summed E-state index contributed by atoms with van der Waals surface area (Å²) in [4.78, 5) is 11.7. The van der Waals surface area contributed by atoms with Gasteiger partial charge in [0.2, 0.25) is 21.9 Å². The van der Waals surface area contributed by atoms with E-state index in [0.717, 1.165) is 23.8 Å². The van der Waals surface area contributed by atoms with E-state index >= 15 is 0 Å². The van der Waals surface area contributed by atoms with Crippen LogP contribution in [-0.4, -0.2) is 43.2 Å². The normalized spacial score (nSPS) is 12.2. The molecule has 0 aliphatic rings. The molecule has 4 aromatic rings. The molecule has 1 aromatic heterocycles. The standard InChI is InChI=1S/C26H22F6N6O3S/c1-33-42(39,40)21-7-2-4-18(12-21)17-10-8-16(9-11-17)14-34-22-36-23(38-24(37-22)41-15-25(27,28)29)35-20-6-3-5-19(13-20)26(30,31)32/h2-13,33H,14-15H2,1H3,(H2,34,35,36,37,38). The van der Waals surface area contributed by atoms with Crippen molar-refractivity contribution in [3.05, 3.63) is 83.9 Å². The van der Waals surface area contributed by atoms with Gasteiger partial charge in [0.15, 0.2) is 6.61 Å². The number of anilines is 3. The summed E-state index contributed by atoms with van der Waals surface area (Å²) in [7, 11) is -2.32. The Hall–Kier alpha value is -4.44. The van der Waals surface area contributed by atoms with Gasteiger partial charge in [-0.15, -0.1) is 0 Å². The average Bonchev–Trinajstić information content (AvgIpc) is 2.95. The van der Waals surface area contributed by atoms with Gasteiger partial charge < -0.3 is 15.4 Å². The Labute approximate surface area is 236 Å². The number of ether oxygens (including phenoxy) is 1. The van der Waals surface area contributed by atoms with Crippen LogP contribution < -0.4 is 20.1 Å². The number of hydrogen-bond acceptors (Lipinski definition) is 8. The van der Waals surface area contributed by atoms with Crippen LogP contribution in [0.1, 0.15) is 11.1 Å². The SMILES string of the molecule is CNS(=O)(=O)c1cccc(-c2ccc(CNc3nc(Nc4cccc(C(F)(F)F)c4)nc(OCC(F)(F)F)n3)cc2)c1. The number of alkyl halides is 6. The first kappa shape index (κ1) is 30.5. The van der Waals surface area contributed by atoms with Crippen molar-refractivity contribution in [2.24, 2.45) is 0 Å². The largest absolute Gasteiger partial charge is 0.454 e. The average molecular weight is 613 g/mol. The Morgan fingerprint density at radius 1 is 0.810 bits per heavy atom. The van der Waals surface area contributed by atoms with Crippen molar-refractivity contribution in [3.8, 4) is 17.1 Å². The third-order valence-electron chi connectivity index (χ3n) is 5.58. The number of nitrogens with zero attached hydrogens (tertiary/aromatic N) is 3. The maximum atomic E-state index is 13.1. The van der Waals surface area contributed by atoms with Gasteiger partial charge >= 0.3 is 18.4 Å². The Balaban J connectivity index is 1.52. The molecule has 0 saturated heterocycles. The van der Waals surface area contributed by atoms with Crippen LogP contribution in [0.25, 0.3) is 11.1 Å². The lowest BCUT2D eigenvalue weighted by Gasteiger charge is -2.13. The van der Waals surface area contributed by atoms with Crippen LogP contribution in [0.3, 0.4) is 0 Å². The molecule has 3 N–H and O–H groups in total. The Bertz CT molecular complexity index is 1650. The van der Waals surface area contributed by atoms with E-state index in [1.807, 2.05) is 0 Å². The van der Waals surface area contributed by atoms with Crippen LogP contribution in [0.2, 0.25) is 0 Å². The zero-order chi connectivity index (χ0) is 30.5. The summed E-state index contributed by atoms with van der Waals surface area (Å²) in [6.07, 6.45) is -9.30. The Kier molecular flexibility index (Phi) is 8.86. The lowest BCUT2D eigenvalue weighted by Crippen LogP contribution is -2.21. The molecule has 0 aliphatic heterocycles. The first-order valence-corrected chi connectivity index (χ1v) is 13.5. The van der Waals surface area contributed by atoms with Crippen molar-refractivity contribution in [2.45, 2.75) is 23.8 Å². The van der Waals surface area contributed by atoms with Gasteiger partial charge in [0, 0.05) is 12.2 Å². The molecule has 0 unspecified atom stereocenters. The smallest absolute Gasteiger partial charge is 0.422 e. The van der Waals surface area contributed by atoms with Gasteiger partial charge in [-0.2, -0.15) is 41.3 Å². The fourth-order valence-electron chi connectivity index (χ4n) is 3.56. The predicted octanol–water partition coefficient (Wildman–Crippen LogP) is 5.76. The van der Waals surface area contributed by atoms with E-state index in [2.05, 4.69) is 35.0 Å². The summed E-state index contributed by atoms with van der Waals surface area (Å²) in [5.74, 6) is -0.554. The minimum Gasteiger partial charge on any atom is -0.454 e. The van der Waals surface area contributed by atoms with E-state index in [4.69, 9.17) is 0 Å². The quantitative estimate of drug-likeness (QED) is 0.194. The molecule has 3 aromatic carbocycles. The number of sulfonamides is 1. The highest BCUT2D eigenvalue weighted by Crippen LogP contribution is 2.31. The van der Waals surface area contributed by atoms with Gasteiger partial charge in [0.25, 0.3) is 0 Å². The lowest BCUT2D eigenvalue weighted by atomic mass is 10.0. The molecule has 16 heteroatoms. The molecule has 222 valence electrons. The molecule has 0 aliphatic carbocycles. The van der Waals surface area contributed by atoms with Crippen molar-refractivity contribution in [2.75, 3.05) is 24.3 Å². The molecule has 4 rings (SSSR count). The van der Waals surface area contributed by atoms with Gasteiger partial charge in [-0.05, 0) is 54.1 Å². The minimum absolute atomic E-state index is 0.0640. The summed E-state index contributed by atoms with van der Waals surface area (Å²) < 4.78 is 108. The molecule has 1 heterocycles. The molecular formula is C26H22F6N6O3S. The molecule has 9 nitrogen and oxygen atoms in total. The highest BCUT2D eigenvalue weighted by molar-refractivity contribution is 7.89. The second kappa shape index (κ2) is 12.2. The number of aromatic nitrogens is 3. The minimum atomic E-state index is -4.69. The second-order valence-electron chi connectivity index (χ2n) is 8.66. The molecule has 0 atom stereocenters. The topological polar surface area (TPSA) is 118 Å². The number of nitrogens with one attached hydrogen (secondary N) is 3. The van der Waals surface area contributed by atoms with Crippen LogP contribution in [0.15, 0.2) is 77.7 Å². The Morgan fingerprint density at radius 2 is 1.50 bits per heavy atom. The number of halogens is 6. The van der Waals surface area contributed by atoms with Crippen molar-refractivity contribution in [1.82, 2.24) is 19.7 Å². The summed E-state index contributed by atoms with van der Waals surface area (Å²) >= 11 is 0. The van der Waals surface area contributed by atoms with Crippen molar-refractivity contribution in [1.29, 1.82) is 0 Å². The highest BCUT2D eigenvalue weighted by atomic mass is 32.2. The molecule has 42 heavy (non-hydrogen) atoms. The van der Waals surface area contributed by atoms with Crippen LogP contribution in [0.4, 0.5) is 43.9 Å². The number of rotatable bonds is 10. The van der Waals surface area contributed by atoms with Crippen LogP contribution >= 0.6 is 0 Å². The van der Waals surface area contributed by atoms with E-state index in [-0.39, 0.29) is 29.0 Å². The van der Waals surface area contributed by atoms with Crippen LogP contribution in [0.5, 0.6) is 6.01 Å². The molecule has 0 amide bonds. The fourth-order valence-corrected chi connectivity index (χ4v) is 4.34. The van der Waals surface area contributed by atoms with Crippen LogP contribution in [0, 0.1) is 0 Å². The fraction of sp³-hybridized carbons (Fsp3) is 0.192. The second-order valence-corrected chi connectivity index (χ2v) is 10.5. The van der Waals surface area contributed by atoms with Gasteiger partial charge in [0.05, 0.1) is 10.5 Å². The summed E-state index contributed by atoms with van der Waals surface area (Å²) in [5.41, 5.74) is 1.06. The number of benzene rings is 3. The Morgan fingerprint density at radius 3 is 2.17 bits per heavy atom. The highest BCUT2D eigenvalue weighted by Gasteiger charge is 2.31. The molecule has 0 saturated carbocycles. The van der Waals surface area contributed by atoms with Crippen molar-refractivity contribution >= 4 is 27.6 Å². The molecule has 0 bridgehead atoms. The predicted molar refractivity (Wildman–Crippen MR) is 142 cm³/mol. The van der Waals surface area contributed by atoms with Crippen molar-refractivity contribution < 1.29 is 39.5 Å². The summed E-state index contributed by atoms with van der Waals surface area (Å²) in [6, 6.07) is 16.7. The lowest BCUT2D eigenvalue weighted by molar-refractivity contribution is -0.154. The molecule has 0 radical (unpaired) electrons. The van der Waals surface area contributed by atoms with Gasteiger partial charge in [-0.1, -0.05) is 42.5 Å². The van der Waals surface area contributed by atoms with E-state index in [1.165, 1.54) is 25.2 Å². The maximum Gasteiger partial charge on any atom is 0.422 e. The zero-order valence-electron chi connectivity index (χ0n) is 21.6. The van der Waals surface area contributed by atoms with E-state index in [0.29, 0.717) is 11.1 Å². The van der Waals surface area contributed by atoms with Gasteiger partial charge in [-0.3, -0.25) is 0 Å². The van der Waals surface area contributed by atoms with E-state index in [1.54, 1.807) is 36.4 Å². The zero-order valence-corrected chi connectivity index (χ0v) is 22.4.